The average molecular weight is 374 g/mol. The predicted molar refractivity (Wildman–Crippen MR) is 106 cm³/mol. The fraction of sp³-hybridized carbons (Fsp3) is 0.0500. The molecule has 0 bridgehead atoms. The molecule has 0 unspecified atom stereocenters. The van der Waals surface area contributed by atoms with Gasteiger partial charge < -0.3 is 14.6 Å². The summed E-state index contributed by atoms with van der Waals surface area (Å²) in [5.41, 5.74) is 2.10. The van der Waals surface area contributed by atoms with Gasteiger partial charge in [0.15, 0.2) is 11.7 Å². The third kappa shape index (κ3) is 3.03. The first-order valence-electron chi connectivity index (χ1n) is 8.12. The number of carbonyl (C=O) groups excluding carboxylic acids is 1. The van der Waals surface area contributed by atoms with Gasteiger partial charge in [-0.2, -0.15) is 16.6 Å². The van der Waals surface area contributed by atoms with Crippen molar-refractivity contribution in [3.05, 3.63) is 70.6 Å². The zero-order valence-electron chi connectivity index (χ0n) is 14.3. The number of nitrogens with one attached hydrogen (secondary N) is 1. The maximum atomic E-state index is 12.5. The summed E-state index contributed by atoms with van der Waals surface area (Å²) < 4.78 is 5.49. The molecule has 0 aliphatic heterocycles. The van der Waals surface area contributed by atoms with Gasteiger partial charge in [0, 0.05) is 23.9 Å². The number of nitriles is 1. The lowest BCUT2D eigenvalue weighted by Crippen LogP contribution is -2.17. The summed E-state index contributed by atoms with van der Waals surface area (Å²) in [5.74, 6) is 0.501. The SMILES string of the molecule is CN(c1ccco1)c1c(C#N)c(NC(=O)c2ccsc2)nc2ccccc12. The molecule has 0 fully saturated rings. The number of benzene rings is 1. The highest BCUT2D eigenvalue weighted by Crippen LogP contribution is 2.37. The average Bonchev–Trinajstić information content (AvgIpc) is 3.40. The number of carbonyl (C=O) groups is 1. The van der Waals surface area contributed by atoms with Crippen molar-refractivity contribution >= 4 is 45.5 Å². The largest absolute Gasteiger partial charge is 0.448 e. The summed E-state index contributed by atoms with van der Waals surface area (Å²) in [7, 11) is 1.81. The van der Waals surface area contributed by atoms with Crippen LogP contribution in [0.25, 0.3) is 10.9 Å². The van der Waals surface area contributed by atoms with Gasteiger partial charge in [0.2, 0.25) is 0 Å². The molecule has 27 heavy (non-hydrogen) atoms. The van der Waals surface area contributed by atoms with Crippen molar-refractivity contribution in [2.24, 2.45) is 0 Å². The highest BCUT2D eigenvalue weighted by molar-refractivity contribution is 7.08. The fourth-order valence-corrected chi connectivity index (χ4v) is 3.52. The molecule has 3 heterocycles. The lowest BCUT2D eigenvalue weighted by atomic mass is 10.1. The summed E-state index contributed by atoms with van der Waals surface area (Å²) in [6.07, 6.45) is 1.57. The molecule has 0 saturated carbocycles. The van der Waals surface area contributed by atoms with Crippen LogP contribution in [-0.2, 0) is 0 Å². The van der Waals surface area contributed by atoms with Crippen molar-refractivity contribution in [3.63, 3.8) is 0 Å². The Hall–Kier alpha value is -3.63. The van der Waals surface area contributed by atoms with Gasteiger partial charge in [0.05, 0.1) is 23.0 Å². The number of hydrogen-bond acceptors (Lipinski definition) is 6. The molecule has 0 aliphatic rings. The second kappa shape index (κ2) is 6.94. The summed E-state index contributed by atoms with van der Waals surface area (Å²) in [4.78, 5) is 18.8. The zero-order valence-corrected chi connectivity index (χ0v) is 15.2. The Bertz CT molecular complexity index is 1140. The van der Waals surface area contributed by atoms with Crippen LogP contribution in [0.1, 0.15) is 15.9 Å². The Balaban J connectivity index is 1.90. The third-order valence-corrected chi connectivity index (χ3v) is 4.85. The van der Waals surface area contributed by atoms with Crippen LogP contribution in [0.5, 0.6) is 0 Å². The zero-order chi connectivity index (χ0) is 18.8. The number of hydrogen-bond donors (Lipinski definition) is 1. The molecule has 0 saturated heterocycles. The molecule has 1 aromatic carbocycles. The fourth-order valence-electron chi connectivity index (χ4n) is 2.88. The number of para-hydroxylation sites is 1. The van der Waals surface area contributed by atoms with Gasteiger partial charge in [-0.3, -0.25) is 4.79 Å². The summed E-state index contributed by atoms with van der Waals surface area (Å²) in [6, 6.07) is 15.0. The second-order valence-corrected chi connectivity index (χ2v) is 6.57. The van der Waals surface area contributed by atoms with E-state index in [1.807, 2.05) is 36.7 Å². The minimum atomic E-state index is -0.304. The van der Waals surface area contributed by atoms with Crippen molar-refractivity contribution in [2.75, 3.05) is 17.3 Å². The standard InChI is InChI=1S/C20H14N4O2S/c1-24(17-7-4-9-26-17)18-14-5-2-3-6-16(14)22-19(15(18)11-21)23-20(25)13-8-10-27-12-13/h2-10,12H,1H3,(H,22,23,25). The molecule has 1 amide bonds. The van der Waals surface area contributed by atoms with Crippen LogP contribution < -0.4 is 10.2 Å². The van der Waals surface area contributed by atoms with Crippen molar-refractivity contribution in [2.45, 2.75) is 0 Å². The second-order valence-electron chi connectivity index (χ2n) is 5.79. The number of aromatic nitrogens is 1. The predicted octanol–water partition coefficient (Wildman–Crippen LogP) is 4.78. The monoisotopic (exact) mass is 374 g/mol. The molecule has 3 aromatic heterocycles. The first-order chi connectivity index (χ1) is 13.2. The van der Waals surface area contributed by atoms with E-state index in [-0.39, 0.29) is 17.3 Å². The lowest BCUT2D eigenvalue weighted by Gasteiger charge is -2.21. The molecule has 4 aromatic rings. The van der Waals surface area contributed by atoms with Crippen molar-refractivity contribution in [3.8, 4) is 6.07 Å². The molecule has 4 rings (SSSR count). The molecule has 6 nitrogen and oxygen atoms in total. The van der Waals surface area contributed by atoms with Gasteiger partial charge in [-0.25, -0.2) is 4.98 Å². The molecular formula is C20H14N4O2S. The van der Waals surface area contributed by atoms with Crippen LogP contribution in [0, 0.1) is 11.3 Å². The Morgan fingerprint density at radius 1 is 1.26 bits per heavy atom. The number of nitrogens with zero attached hydrogens (tertiary/aromatic N) is 3. The first-order valence-corrected chi connectivity index (χ1v) is 9.07. The lowest BCUT2D eigenvalue weighted by molar-refractivity contribution is 0.102. The number of rotatable bonds is 4. The van der Waals surface area contributed by atoms with E-state index in [1.165, 1.54) is 11.3 Å². The number of pyridine rings is 1. The van der Waals surface area contributed by atoms with Gasteiger partial charge in [0.25, 0.3) is 5.91 Å². The van der Waals surface area contributed by atoms with Gasteiger partial charge in [0.1, 0.15) is 11.6 Å². The molecule has 0 aliphatic carbocycles. The maximum absolute atomic E-state index is 12.5. The van der Waals surface area contributed by atoms with Crippen LogP contribution in [0.2, 0.25) is 0 Å². The Morgan fingerprint density at radius 2 is 2.11 bits per heavy atom. The van der Waals surface area contributed by atoms with Crippen molar-refractivity contribution in [1.82, 2.24) is 4.98 Å². The first kappa shape index (κ1) is 16.8. The maximum Gasteiger partial charge on any atom is 0.257 e. The van der Waals surface area contributed by atoms with E-state index < -0.39 is 0 Å². The van der Waals surface area contributed by atoms with Crippen LogP contribution >= 0.6 is 11.3 Å². The van der Waals surface area contributed by atoms with Crippen LogP contribution in [0.15, 0.2) is 63.9 Å². The van der Waals surface area contributed by atoms with E-state index in [0.29, 0.717) is 22.7 Å². The number of furan rings is 1. The van der Waals surface area contributed by atoms with Gasteiger partial charge in [-0.05, 0) is 23.6 Å². The highest BCUT2D eigenvalue weighted by atomic mass is 32.1. The van der Waals surface area contributed by atoms with E-state index in [0.717, 1.165) is 5.39 Å². The highest BCUT2D eigenvalue weighted by Gasteiger charge is 2.21. The van der Waals surface area contributed by atoms with Crippen molar-refractivity contribution in [1.29, 1.82) is 5.26 Å². The van der Waals surface area contributed by atoms with Crippen LogP contribution in [0.3, 0.4) is 0 Å². The summed E-state index contributed by atoms with van der Waals surface area (Å²) >= 11 is 1.43. The third-order valence-electron chi connectivity index (χ3n) is 4.16. The van der Waals surface area contributed by atoms with Crippen molar-refractivity contribution < 1.29 is 9.21 Å². The Labute approximate surface area is 159 Å². The molecule has 0 spiro atoms. The van der Waals surface area contributed by atoms with Gasteiger partial charge >= 0.3 is 0 Å². The van der Waals surface area contributed by atoms with Gasteiger partial charge in [-0.15, -0.1) is 0 Å². The molecule has 0 atom stereocenters. The molecule has 132 valence electrons. The van der Waals surface area contributed by atoms with E-state index in [4.69, 9.17) is 4.42 Å². The number of fused-ring (bicyclic) bond motifs is 1. The smallest absolute Gasteiger partial charge is 0.257 e. The van der Waals surface area contributed by atoms with E-state index in [9.17, 15) is 10.1 Å². The normalized spacial score (nSPS) is 10.5. The van der Waals surface area contributed by atoms with E-state index in [1.54, 1.807) is 34.7 Å². The minimum Gasteiger partial charge on any atom is -0.448 e. The number of thiophene rings is 1. The molecular weight excluding hydrogens is 360 g/mol. The molecule has 0 radical (unpaired) electrons. The number of amides is 1. The van der Waals surface area contributed by atoms with E-state index >= 15 is 0 Å². The molecule has 1 N–H and O–H groups in total. The topological polar surface area (TPSA) is 82.2 Å². The quantitative estimate of drug-likeness (QED) is 0.556. The Kier molecular flexibility index (Phi) is 4.32. The number of anilines is 3. The van der Waals surface area contributed by atoms with Crippen LogP contribution in [0.4, 0.5) is 17.4 Å². The van der Waals surface area contributed by atoms with Crippen LogP contribution in [-0.4, -0.2) is 17.9 Å². The van der Waals surface area contributed by atoms with Gasteiger partial charge in [-0.1, -0.05) is 18.2 Å². The summed E-state index contributed by atoms with van der Waals surface area (Å²) in [5, 5.41) is 17.0. The Morgan fingerprint density at radius 3 is 2.81 bits per heavy atom. The molecule has 7 heteroatoms. The summed E-state index contributed by atoms with van der Waals surface area (Å²) in [6.45, 7) is 0. The van der Waals surface area contributed by atoms with E-state index in [2.05, 4.69) is 16.4 Å². The minimum absolute atomic E-state index is 0.223.